The summed E-state index contributed by atoms with van der Waals surface area (Å²) in [6.07, 6.45) is 6.59. The number of pyridine rings is 1. The number of nitrogens with one attached hydrogen (secondary N) is 2. The molecule has 0 bridgehead atoms. The average molecular weight is 698 g/mol. The molecule has 0 spiro atoms. The number of nitrogens with zero attached hydrogens (tertiary/aromatic N) is 2. The molecule has 5 aromatic rings. The monoisotopic (exact) mass is 696 g/mol. The van der Waals surface area contributed by atoms with Gasteiger partial charge < -0.3 is 19.6 Å². The quantitative estimate of drug-likeness (QED) is 0.110. The molecule has 0 fully saturated rings. The van der Waals surface area contributed by atoms with Crippen molar-refractivity contribution in [3.05, 3.63) is 142 Å². The van der Waals surface area contributed by atoms with E-state index in [0.717, 1.165) is 16.9 Å². The van der Waals surface area contributed by atoms with Gasteiger partial charge in [0, 0.05) is 41.7 Å². The first kappa shape index (κ1) is 34.9. The lowest BCUT2D eigenvalue weighted by atomic mass is 10.2. The van der Waals surface area contributed by atoms with Gasteiger partial charge in [0.05, 0.1) is 23.9 Å². The number of halogens is 2. The SMILES string of the molecule is CC(=O)Nc1ccc(C=CC(=O)NCc2cccn2-c2ccc(Cl)c(CO[Si](c3ccccc3)(c3ccccc3)C(C)(C)C)c2Cl)cn1. The van der Waals surface area contributed by atoms with Crippen molar-refractivity contribution in [2.75, 3.05) is 5.32 Å². The number of carbonyl (C=O) groups excluding carboxylic acids is 2. The maximum atomic E-state index is 12.7. The van der Waals surface area contributed by atoms with Gasteiger partial charge in [-0.3, -0.25) is 9.59 Å². The summed E-state index contributed by atoms with van der Waals surface area (Å²) in [6, 6.07) is 31.9. The number of anilines is 1. The number of amides is 2. The molecule has 0 saturated carbocycles. The highest BCUT2D eigenvalue weighted by molar-refractivity contribution is 6.99. The van der Waals surface area contributed by atoms with E-state index in [2.05, 4.69) is 84.9 Å². The normalized spacial score (nSPS) is 11.9. The molecule has 2 amide bonds. The van der Waals surface area contributed by atoms with Crippen LogP contribution < -0.4 is 21.0 Å². The first-order valence-corrected chi connectivity index (χ1v) is 18.2. The minimum absolute atomic E-state index is 0.199. The number of hydrogen-bond donors (Lipinski definition) is 2. The van der Waals surface area contributed by atoms with Crippen molar-refractivity contribution in [1.82, 2.24) is 14.9 Å². The van der Waals surface area contributed by atoms with Gasteiger partial charge in [0.1, 0.15) is 5.82 Å². The fraction of sp³-hybridized carbons (Fsp3) is 0.184. The van der Waals surface area contributed by atoms with Crippen LogP contribution in [0.1, 0.15) is 44.5 Å². The van der Waals surface area contributed by atoms with E-state index in [9.17, 15) is 9.59 Å². The molecule has 0 radical (unpaired) electrons. The van der Waals surface area contributed by atoms with Crippen LogP contribution in [-0.4, -0.2) is 29.7 Å². The molecule has 2 N–H and O–H groups in total. The Kier molecular flexibility index (Phi) is 11.0. The van der Waals surface area contributed by atoms with Gasteiger partial charge in [0.25, 0.3) is 8.32 Å². The van der Waals surface area contributed by atoms with E-state index in [1.807, 2.05) is 47.2 Å². The zero-order chi connectivity index (χ0) is 34.3. The first-order valence-electron chi connectivity index (χ1n) is 15.6. The Morgan fingerprint density at radius 2 is 1.56 bits per heavy atom. The van der Waals surface area contributed by atoms with Gasteiger partial charge in [0.2, 0.25) is 11.8 Å². The molecule has 7 nitrogen and oxygen atoms in total. The van der Waals surface area contributed by atoms with E-state index in [0.29, 0.717) is 21.4 Å². The summed E-state index contributed by atoms with van der Waals surface area (Å²) in [5.41, 5.74) is 3.00. The molecule has 0 unspecified atom stereocenters. The Balaban J connectivity index is 1.36. The summed E-state index contributed by atoms with van der Waals surface area (Å²) in [5.74, 6) is -0.0200. The smallest absolute Gasteiger partial charge is 0.261 e. The second-order valence-electron chi connectivity index (χ2n) is 12.4. The van der Waals surface area contributed by atoms with Crippen molar-refractivity contribution in [2.24, 2.45) is 0 Å². The molecule has 0 aliphatic carbocycles. The van der Waals surface area contributed by atoms with Gasteiger partial charge in [0.15, 0.2) is 0 Å². The average Bonchev–Trinajstić information content (AvgIpc) is 3.53. The predicted molar refractivity (Wildman–Crippen MR) is 198 cm³/mol. The minimum atomic E-state index is -2.84. The largest absolute Gasteiger partial charge is 0.403 e. The lowest BCUT2D eigenvalue weighted by Gasteiger charge is -2.43. The van der Waals surface area contributed by atoms with E-state index in [4.69, 9.17) is 27.6 Å². The van der Waals surface area contributed by atoms with Crippen molar-refractivity contribution < 1.29 is 14.0 Å². The molecule has 2 heterocycles. The molecule has 0 atom stereocenters. The Labute approximate surface area is 292 Å². The highest BCUT2D eigenvalue weighted by atomic mass is 35.5. The van der Waals surface area contributed by atoms with E-state index < -0.39 is 8.32 Å². The van der Waals surface area contributed by atoms with Crippen molar-refractivity contribution in [1.29, 1.82) is 0 Å². The lowest BCUT2D eigenvalue weighted by molar-refractivity contribution is -0.116. The fourth-order valence-corrected chi connectivity index (χ4v) is 10.9. The van der Waals surface area contributed by atoms with E-state index in [1.54, 1.807) is 24.4 Å². The first-order chi connectivity index (χ1) is 23.0. The predicted octanol–water partition coefficient (Wildman–Crippen LogP) is 7.54. The Morgan fingerprint density at radius 3 is 2.15 bits per heavy atom. The third-order valence-corrected chi connectivity index (χ3v) is 13.8. The molecule has 0 aliphatic heterocycles. The second kappa shape index (κ2) is 15.2. The third-order valence-electron chi connectivity index (χ3n) is 8.07. The van der Waals surface area contributed by atoms with Crippen LogP contribution in [0.25, 0.3) is 11.8 Å². The van der Waals surface area contributed by atoms with E-state index >= 15 is 0 Å². The zero-order valence-corrected chi connectivity index (χ0v) is 29.8. The van der Waals surface area contributed by atoms with Crippen LogP contribution in [0.15, 0.2) is 116 Å². The molecule has 48 heavy (non-hydrogen) atoms. The van der Waals surface area contributed by atoms with E-state index in [-0.39, 0.29) is 30.0 Å². The maximum absolute atomic E-state index is 12.7. The molecular formula is C38H38Cl2N4O3Si. The second-order valence-corrected chi connectivity index (χ2v) is 17.5. The molecule has 246 valence electrons. The zero-order valence-electron chi connectivity index (χ0n) is 27.3. The van der Waals surface area contributed by atoms with Crippen molar-refractivity contribution in [3.8, 4) is 5.69 Å². The van der Waals surface area contributed by atoms with Crippen LogP contribution in [0.3, 0.4) is 0 Å². The Hall–Kier alpha value is -4.47. The molecule has 0 aliphatic rings. The van der Waals surface area contributed by atoms with Gasteiger partial charge in [-0.05, 0) is 63.4 Å². The van der Waals surface area contributed by atoms with Gasteiger partial charge >= 0.3 is 0 Å². The van der Waals surface area contributed by atoms with Crippen LogP contribution in [0.4, 0.5) is 5.82 Å². The van der Waals surface area contributed by atoms with Crippen molar-refractivity contribution in [3.63, 3.8) is 0 Å². The number of benzene rings is 3. The summed E-state index contributed by atoms with van der Waals surface area (Å²) in [4.78, 5) is 28.1. The van der Waals surface area contributed by atoms with Crippen molar-refractivity contribution in [2.45, 2.75) is 45.9 Å². The molecule has 3 aromatic carbocycles. The minimum Gasteiger partial charge on any atom is -0.403 e. The Morgan fingerprint density at radius 1 is 0.896 bits per heavy atom. The summed E-state index contributed by atoms with van der Waals surface area (Å²) >= 11 is 13.9. The van der Waals surface area contributed by atoms with Crippen LogP contribution in [0.5, 0.6) is 0 Å². The highest BCUT2D eigenvalue weighted by Gasteiger charge is 2.50. The van der Waals surface area contributed by atoms with Gasteiger partial charge in [-0.15, -0.1) is 0 Å². The summed E-state index contributed by atoms with van der Waals surface area (Å²) in [7, 11) is -2.84. The highest BCUT2D eigenvalue weighted by Crippen LogP contribution is 2.39. The van der Waals surface area contributed by atoms with Crippen molar-refractivity contribution >= 4 is 65.6 Å². The maximum Gasteiger partial charge on any atom is 0.261 e. The van der Waals surface area contributed by atoms with Gasteiger partial charge in [-0.2, -0.15) is 0 Å². The third kappa shape index (κ3) is 7.80. The summed E-state index contributed by atoms with van der Waals surface area (Å²) in [5, 5.41) is 8.69. The standard InChI is InChI=1S/C38H38Cl2N4O3Si/c1-27(45)43-35-21-17-28(24-41-35)18-22-36(46)42-25-29-12-11-23-44(29)34-20-19-33(39)32(37(34)40)26-47-48(38(2,3)4,30-13-7-5-8-14-30)31-15-9-6-10-16-31/h5-24H,25-26H2,1-4H3,(H,42,46)(H,41,43,45). The molecule has 0 saturated heterocycles. The molecule has 5 rings (SSSR count). The molecule has 10 heteroatoms. The number of carbonyl (C=O) groups is 2. The summed E-state index contributed by atoms with van der Waals surface area (Å²) in [6.45, 7) is 8.60. The number of rotatable bonds is 11. The Bertz CT molecular complexity index is 1860. The summed E-state index contributed by atoms with van der Waals surface area (Å²) < 4.78 is 9.10. The number of aromatic nitrogens is 2. The fourth-order valence-electron chi connectivity index (χ4n) is 5.81. The van der Waals surface area contributed by atoms with Crippen LogP contribution in [-0.2, 0) is 27.2 Å². The van der Waals surface area contributed by atoms with E-state index in [1.165, 1.54) is 23.4 Å². The lowest BCUT2D eigenvalue weighted by Crippen LogP contribution is -2.66. The van der Waals surface area contributed by atoms with Gasteiger partial charge in [-0.1, -0.05) is 105 Å². The molecule has 2 aromatic heterocycles. The number of hydrogen-bond acceptors (Lipinski definition) is 4. The topological polar surface area (TPSA) is 85.2 Å². The van der Waals surface area contributed by atoms with Gasteiger partial charge in [-0.25, -0.2) is 4.98 Å². The molecular weight excluding hydrogens is 659 g/mol. The van der Waals surface area contributed by atoms with Crippen LogP contribution >= 0.6 is 23.2 Å². The van der Waals surface area contributed by atoms with Crippen LogP contribution in [0.2, 0.25) is 15.1 Å². The van der Waals surface area contributed by atoms with Crippen LogP contribution in [0, 0.1) is 0 Å².